The number of rotatable bonds is 68. The number of unbranched alkanes of at least 4 members (excludes halogenated alkanes) is 46. The quantitative estimate of drug-likeness (QED) is 0.0195. The molecule has 0 rings (SSSR count). The topological polar surface area (TPSA) is 111 Å². The zero-order valence-corrected chi connectivity index (χ0v) is 57.3. The average Bonchev–Trinajstić information content (AvgIpc) is 3.61. The molecule has 0 fully saturated rings. The highest BCUT2D eigenvalue weighted by Gasteiger charge is 2.22. The second-order valence-electron chi connectivity index (χ2n) is 25.9. The molecule has 0 aromatic carbocycles. The number of phosphoric acid groups is 1. The minimum absolute atomic E-state index is 0.0269. The fourth-order valence-corrected chi connectivity index (χ4v) is 11.6. The minimum Gasteiger partial charge on any atom is -0.756 e. The lowest BCUT2D eigenvalue weighted by Gasteiger charge is -2.28. The van der Waals surface area contributed by atoms with E-state index < -0.39 is 26.5 Å². The normalized spacial score (nSPS) is 13.4. The summed E-state index contributed by atoms with van der Waals surface area (Å²) in [7, 11) is 1.19. The molecule has 0 aliphatic heterocycles. The van der Waals surface area contributed by atoms with E-state index in [4.69, 9.17) is 18.5 Å². The van der Waals surface area contributed by atoms with Crippen molar-refractivity contribution in [2.45, 2.75) is 367 Å². The van der Waals surface area contributed by atoms with E-state index in [0.29, 0.717) is 17.4 Å². The number of allylic oxidation sites excluding steroid dienone is 8. The second-order valence-corrected chi connectivity index (χ2v) is 27.3. The third-order valence-electron chi connectivity index (χ3n) is 16.4. The van der Waals surface area contributed by atoms with Crippen LogP contribution >= 0.6 is 7.82 Å². The number of hydrogen-bond donors (Lipinski definition) is 0. The van der Waals surface area contributed by atoms with E-state index in [2.05, 4.69) is 62.5 Å². The van der Waals surface area contributed by atoms with E-state index in [1.807, 2.05) is 21.1 Å². The van der Waals surface area contributed by atoms with Gasteiger partial charge in [-0.3, -0.25) is 14.2 Å². The van der Waals surface area contributed by atoms with E-state index in [1.165, 1.54) is 270 Å². The number of carbonyl (C=O) groups is 2. The number of nitrogens with zero attached hydrogens (tertiary/aromatic N) is 1. The van der Waals surface area contributed by atoms with Crippen LogP contribution in [0.5, 0.6) is 0 Å². The van der Waals surface area contributed by atoms with Crippen LogP contribution in [0.4, 0.5) is 0 Å². The number of esters is 2. The predicted molar refractivity (Wildman–Crippen MR) is 360 cm³/mol. The lowest BCUT2D eigenvalue weighted by molar-refractivity contribution is -0.870. The molecular weight excluding hydrogens is 1060 g/mol. The largest absolute Gasteiger partial charge is 0.756 e. The van der Waals surface area contributed by atoms with Gasteiger partial charge in [-0.1, -0.05) is 345 Å². The van der Waals surface area contributed by atoms with Crippen LogP contribution in [0.15, 0.2) is 48.6 Å². The molecule has 10 heteroatoms. The Kier molecular flexibility index (Phi) is 63.8. The lowest BCUT2D eigenvalue weighted by atomic mass is 10.0. The van der Waals surface area contributed by atoms with Crippen molar-refractivity contribution in [2.75, 3.05) is 47.5 Å². The van der Waals surface area contributed by atoms with E-state index >= 15 is 0 Å². The number of carbonyl (C=O) groups excluding carboxylic acids is 2. The summed E-state index contributed by atoms with van der Waals surface area (Å²) in [5.41, 5.74) is 0. The molecule has 0 aromatic heterocycles. The molecule has 0 N–H and O–H groups in total. The van der Waals surface area contributed by atoms with E-state index in [1.54, 1.807) is 0 Å². The summed E-state index contributed by atoms with van der Waals surface area (Å²) < 4.78 is 34.3. The molecule has 2 unspecified atom stereocenters. The van der Waals surface area contributed by atoms with Crippen LogP contribution in [0.3, 0.4) is 0 Å². The summed E-state index contributed by atoms with van der Waals surface area (Å²) >= 11 is 0. The molecule has 0 aliphatic carbocycles. The maximum Gasteiger partial charge on any atom is 0.306 e. The zero-order chi connectivity index (χ0) is 61.2. The van der Waals surface area contributed by atoms with Gasteiger partial charge in [-0.2, -0.15) is 0 Å². The molecule has 0 saturated heterocycles. The number of hydrogen-bond acceptors (Lipinski definition) is 8. The fraction of sp³-hybridized carbons (Fsp3) is 0.865. The zero-order valence-electron chi connectivity index (χ0n) is 56.4. The SMILES string of the molecule is CC/C=C\C/C=C\C/C=C\C/C=C\CCCCCCCCCCCCCCCCCCCCCCCCCCCCCCC(=O)OC(COC(=O)CCCCCCCCCCCCCCCCCCCCC)COP(=O)([O-])OCC[N+](C)(C)C. The number of phosphoric ester groups is 1. The van der Waals surface area contributed by atoms with E-state index in [-0.39, 0.29) is 32.0 Å². The fourth-order valence-electron chi connectivity index (χ4n) is 10.8. The number of quaternary nitrogens is 1. The van der Waals surface area contributed by atoms with Gasteiger partial charge in [-0.05, 0) is 51.4 Å². The van der Waals surface area contributed by atoms with Gasteiger partial charge in [0.05, 0.1) is 27.7 Å². The second kappa shape index (κ2) is 65.4. The molecule has 0 spiro atoms. The Balaban J connectivity index is 3.87. The van der Waals surface area contributed by atoms with Crippen LogP contribution in [0.2, 0.25) is 0 Å². The third kappa shape index (κ3) is 69.1. The molecule has 0 amide bonds. The maximum absolute atomic E-state index is 12.9. The number of likely N-dealkylation sites (N-methyl/N-ethyl adjacent to an activating group) is 1. The molecule has 0 saturated carbocycles. The van der Waals surface area contributed by atoms with Gasteiger partial charge in [0.15, 0.2) is 6.10 Å². The van der Waals surface area contributed by atoms with Gasteiger partial charge < -0.3 is 27.9 Å². The van der Waals surface area contributed by atoms with Crippen molar-refractivity contribution in [2.24, 2.45) is 0 Å². The summed E-state index contributed by atoms with van der Waals surface area (Å²) in [6.45, 7) is 4.20. The first-order valence-corrected chi connectivity index (χ1v) is 37.8. The molecule has 2 atom stereocenters. The molecule has 0 aromatic rings. The Morgan fingerprint density at radius 3 is 1.01 bits per heavy atom. The highest BCUT2D eigenvalue weighted by atomic mass is 31.2. The smallest absolute Gasteiger partial charge is 0.306 e. The van der Waals surface area contributed by atoms with Gasteiger partial charge >= 0.3 is 11.9 Å². The summed E-state index contributed by atoms with van der Waals surface area (Å²) in [6.07, 6.45) is 85.1. The predicted octanol–water partition coefficient (Wildman–Crippen LogP) is 23.0. The van der Waals surface area contributed by atoms with Crippen molar-refractivity contribution in [3.8, 4) is 0 Å². The van der Waals surface area contributed by atoms with Crippen LogP contribution < -0.4 is 4.89 Å². The third-order valence-corrected chi connectivity index (χ3v) is 17.3. The van der Waals surface area contributed by atoms with Crippen LogP contribution in [0.1, 0.15) is 361 Å². The molecular formula is C74H140NO8P. The van der Waals surface area contributed by atoms with Crippen molar-refractivity contribution in [1.82, 2.24) is 0 Å². The van der Waals surface area contributed by atoms with E-state index in [0.717, 1.165) is 57.8 Å². The highest BCUT2D eigenvalue weighted by Crippen LogP contribution is 2.38. The Hall–Kier alpha value is -2.03. The monoisotopic (exact) mass is 1200 g/mol. The van der Waals surface area contributed by atoms with Crippen LogP contribution in [0, 0.1) is 0 Å². The Bertz CT molecular complexity index is 1560. The van der Waals surface area contributed by atoms with Crippen LogP contribution in [-0.2, 0) is 32.7 Å². The molecule has 9 nitrogen and oxygen atoms in total. The van der Waals surface area contributed by atoms with Crippen molar-refractivity contribution in [3.05, 3.63) is 48.6 Å². The molecule has 84 heavy (non-hydrogen) atoms. The summed E-state index contributed by atoms with van der Waals surface area (Å²) in [6, 6.07) is 0. The molecule has 0 heterocycles. The molecule has 494 valence electrons. The summed E-state index contributed by atoms with van der Waals surface area (Å²) in [5, 5.41) is 0. The standard InChI is InChI=1S/C74H140NO8P/c1-6-8-10-12-14-16-18-20-22-24-26-27-28-29-30-31-32-33-34-35-36-37-38-39-40-41-42-43-44-45-46-47-49-51-53-55-57-59-61-63-65-67-74(77)83-72(71-82-84(78,79)81-69-68-75(3,4)5)70-80-73(76)66-64-62-60-58-56-54-52-50-48-25-23-21-19-17-15-13-11-9-7-2/h8,10,14,16,20,22,26-27,72H,6-7,9,11-13,15,17-19,21,23-25,28-71H2,1-5H3/b10-8-,16-14-,22-20-,27-26-. The van der Waals surface area contributed by atoms with Crippen molar-refractivity contribution < 1.29 is 42.1 Å². The Labute approximate surface area is 522 Å². The Morgan fingerprint density at radius 2 is 0.679 bits per heavy atom. The van der Waals surface area contributed by atoms with Gasteiger partial charge in [-0.15, -0.1) is 0 Å². The van der Waals surface area contributed by atoms with Crippen molar-refractivity contribution >= 4 is 19.8 Å². The van der Waals surface area contributed by atoms with Crippen molar-refractivity contribution in [3.63, 3.8) is 0 Å². The van der Waals surface area contributed by atoms with Gasteiger partial charge in [0.25, 0.3) is 7.82 Å². The van der Waals surface area contributed by atoms with Crippen molar-refractivity contribution in [1.29, 1.82) is 0 Å². The lowest BCUT2D eigenvalue weighted by Crippen LogP contribution is -2.37. The number of ether oxygens (including phenoxy) is 2. The average molecular weight is 1200 g/mol. The van der Waals surface area contributed by atoms with Gasteiger partial charge in [0, 0.05) is 12.8 Å². The first kappa shape index (κ1) is 82.0. The van der Waals surface area contributed by atoms with Crippen LogP contribution in [0.25, 0.3) is 0 Å². The highest BCUT2D eigenvalue weighted by molar-refractivity contribution is 7.45. The van der Waals surface area contributed by atoms with Gasteiger partial charge in [-0.25, -0.2) is 0 Å². The maximum atomic E-state index is 12.9. The molecule has 0 aliphatic rings. The van der Waals surface area contributed by atoms with Gasteiger partial charge in [0.1, 0.15) is 19.8 Å². The first-order chi connectivity index (χ1) is 41.0. The van der Waals surface area contributed by atoms with Crippen LogP contribution in [-0.4, -0.2) is 70.0 Å². The van der Waals surface area contributed by atoms with E-state index in [9.17, 15) is 19.0 Å². The molecule has 0 bridgehead atoms. The minimum atomic E-state index is -4.64. The Morgan fingerprint density at radius 1 is 0.381 bits per heavy atom. The first-order valence-electron chi connectivity index (χ1n) is 36.3. The summed E-state index contributed by atoms with van der Waals surface area (Å²) in [5.74, 6) is -0.809. The summed E-state index contributed by atoms with van der Waals surface area (Å²) in [4.78, 5) is 38.0. The molecule has 0 radical (unpaired) electrons. The van der Waals surface area contributed by atoms with Gasteiger partial charge in [0.2, 0.25) is 0 Å².